The van der Waals surface area contributed by atoms with Gasteiger partial charge in [-0.2, -0.15) is 0 Å². The molecule has 1 aliphatic heterocycles. The Morgan fingerprint density at radius 1 is 1.32 bits per heavy atom. The van der Waals surface area contributed by atoms with Crippen LogP contribution in [0.15, 0.2) is 24.3 Å². The Labute approximate surface area is 129 Å². The van der Waals surface area contributed by atoms with Crippen LogP contribution in [0.25, 0.3) is 0 Å². The Kier molecular flexibility index (Phi) is 6.21. The molecule has 0 radical (unpaired) electrons. The van der Waals surface area contributed by atoms with Gasteiger partial charge in [0.25, 0.3) is 5.91 Å². The standard InChI is InChI=1S/C16H21NO5/c1-12-5-2-3-7-14(12)21-11-16(19)22-10-15(18)17-9-13-6-4-8-20-13/h2-3,5,7,13H,4,6,8-11H2,1H3,(H,17,18)/t13-/m1/s1. The third kappa shape index (κ3) is 5.37. The van der Waals surface area contributed by atoms with Crippen molar-refractivity contribution in [1.29, 1.82) is 0 Å². The molecule has 1 N–H and O–H groups in total. The molecule has 6 nitrogen and oxygen atoms in total. The summed E-state index contributed by atoms with van der Waals surface area (Å²) in [4.78, 5) is 23.1. The van der Waals surface area contributed by atoms with Crippen LogP contribution in [0, 0.1) is 6.92 Å². The minimum absolute atomic E-state index is 0.0732. The van der Waals surface area contributed by atoms with Gasteiger partial charge < -0.3 is 19.5 Å². The molecule has 1 heterocycles. The van der Waals surface area contributed by atoms with Crippen LogP contribution in [0.4, 0.5) is 0 Å². The summed E-state index contributed by atoms with van der Waals surface area (Å²) in [5.74, 6) is -0.280. The van der Waals surface area contributed by atoms with E-state index < -0.39 is 5.97 Å². The number of esters is 1. The monoisotopic (exact) mass is 307 g/mol. The van der Waals surface area contributed by atoms with Crippen molar-refractivity contribution in [2.45, 2.75) is 25.9 Å². The minimum atomic E-state index is -0.574. The largest absolute Gasteiger partial charge is 0.482 e. The van der Waals surface area contributed by atoms with Crippen molar-refractivity contribution in [2.75, 3.05) is 26.4 Å². The van der Waals surface area contributed by atoms with Gasteiger partial charge in [-0.1, -0.05) is 18.2 Å². The summed E-state index contributed by atoms with van der Waals surface area (Å²) in [6, 6.07) is 7.38. The first-order chi connectivity index (χ1) is 10.6. The Morgan fingerprint density at radius 2 is 2.14 bits per heavy atom. The van der Waals surface area contributed by atoms with Gasteiger partial charge in [-0.15, -0.1) is 0 Å². The molecule has 1 saturated heterocycles. The number of aryl methyl sites for hydroxylation is 1. The maximum absolute atomic E-state index is 11.5. The third-order valence-electron chi connectivity index (χ3n) is 3.35. The molecule has 2 rings (SSSR count). The Balaban J connectivity index is 1.60. The van der Waals surface area contributed by atoms with E-state index in [1.807, 2.05) is 25.1 Å². The second-order valence-corrected chi connectivity index (χ2v) is 5.15. The SMILES string of the molecule is Cc1ccccc1OCC(=O)OCC(=O)NC[C@H]1CCCO1. The van der Waals surface area contributed by atoms with E-state index in [0.29, 0.717) is 12.3 Å². The van der Waals surface area contributed by atoms with Gasteiger partial charge in [0.1, 0.15) is 5.75 Å². The van der Waals surface area contributed by atoms with Crippen LogP contribution >= 0.6 is 0 Å². The van der Waals surface area contributed by atoms with E-state index in [1.165, 1.54) is 0 Å². The van der Waals surface area contributed by atoms with E-state index in [2.05, 4.69) is 5.32 Å². The molecule has 0 aromatic heterocycles. The first-order valence-electron chi connectivity index (χ1n) is 7.37. The Hall–Kier alpha value is -2.08. The zero-order chi connectivity index (χ0) is 15.8. The molecule has 22 heavy (non-hydrogen) atoms. The summed E-state index contributed by atoms with van der Waals surface area (Å²) >= 11 is 0. The summed E-state index contributed by atoms with van der Waals surface area (Å²) < 4.78 is 15.6. The first-order valence-corrected chi connectivity index (χ1v) is 7.37. The average Bonchev–Trinajstić information content (AvgIpc) is 3.03. The maximum atomic E-state index is 11.5. The molecular weight excluding hydrogens is 286 g/mol. The highest BCUT2D eigenvalue weighted by Crippen LogP contribution is 2.15. The fourth-order valence-electron chi connectivity index (χ4n) is 2.13. The molecule has 1 aromatic rings. The summed E-state index contributed by atoms with van der Waals surface area (Å²) in [6.07, 6.45) is 2.04. The number of rotatable bonds is 7. The van der Waals surface area contributed by atoms with Crippen molar-refractivity contribution in [1.82, 2.24) is 5.32 Å². The highest BCUT2D eigenvalue weighted by atomic mass is 16.6. The van der Waals surface area contributed by atoms with Gasteiger partial charge in [0, 0.05) is 13.2 Å². The smallest absolute Gasteiger partial charge is 0.344 e. The van der Waals surface area contributed by atoms with Crippen molar-refractivity contribution >= 4 is 11.9 Å². The van der Waals surface area contributed by atoms with Crippen molar-refractivity contribution < 1.29 is 23.8 Å². The fraction of sp³-hybridized carbons (Fsp3) is 0.500. The number of hydrogen-bond donors (Lipinski definition) is 1. The normalized spacial score (nSPS) is 17.0. The molecule has 0 unspecified atom stereocenters. The lowest BCUT2D eigenvalue weighted by atomic mass is 10.2. The van der Waals surface area contributed by atoms with Gasteiger partial charge in [0.2, 0.25) is 0 Å². The molecule has 0 aliphatic carbocycles. The van der Waals surface area contributed by atoms with Crippen molar-refractivity contribution in [2.24, 2.45) is 0 Å². The second-order valence-electron chi connectivity index (χ2n) is 5.15. The Morgan fingerprint density at radius 3 is 2.86 bits per heavy atom. The number of ether oxygens (including phenoxy) is 3. The van der Waals surface area contributed by atoms with E-state index in [9.17, 15) is 9.59 Å². The zero-order valence-corrected chi connectivity index (χ0v) is 12.7. The molecule has 1 atom stereocenters. The summed E-state index contributed by atoms with van der Waals surface area (Å²) in [6.45, 7) is 2.56. The highest BCUT2D eigenvalue weighted by Gasteiger charge is 2.16. The summed E-state index contributed by atoms with van der Waals surface area (Å²) in [7, 11) is 0. The molecular formula is C16H21NO5. The molecule has 1 aromatic carbocycles. The number of para-hydroxylation sites is 1. The maximum Gasteiger partial charge on any atom is 0.344 e. The lowest BCUT2D eigenvalue weighted by Gasteiger charge is -2.11. The molecule has 0 bridgehead atoms. The number of amides is 1. The van der Waals surface area contributed by atoms with Crippen LogP contribution in [-0.2, 0) is 19.1 Å². The quantitative estimate of drug-likeness (QED) is 0.767. The van der Waals surface area contributed by atoms with E-state index in [0.717, 1.165) is 25.0 Å². The number of carbonyl (C=O) groups excluding carboxylic acids is 2. The number of hydrogen-bond acceptors (Lipinski definition) is 5. The van der Waals surface area contributed by atoms with Gasteiger partial charge in [0.15, 0.2) is 13.2 Å². The van der Waals surface area contributed by atoms with Gasteiger partial charge in [-0.3, -0.25) is 4.79 Å². The van der Waals surface area contributed by atoms with Gasteiger partial charge in [0.05, 0.1) is 6.10 Å². The highest BCUT2D eigenvalue weighted by molar-refractivity contribution is 5.80. The van der Waals surface area contributed by atoms with E-state index >= 15 is 0 Å². The molecule has 6 heteroatoms. The van der Waals surface area contributed by atoms with Crippen LogP contribution in [0.1, 0.15) is 18.4 Å². The Bertz CT molecular complexity index is 511. The molecule has 1 aliphatic rings. The third-order valence-corrected chi connectivity index (χ3v) is 3.35. The molecule has 1 amide bonds. The van der Waals surface area contributed by atoms with E-state index in [1.54, 1.807) is 6.07 Å². The number of benzene rings is 1. The average molecular weight is 307 g/mol. The molecule has 0 spiro atoms. The minimum Gasteiger partial charge on any atom is -0.482 e. The fourth-order valence-corrected chi connectivity index (χ4v) is 2.13. The number of nitrogens with one attached hydrogen (secondary N) is 1. The van der Waals surface area contributed by atoms with E-state index in [4.69, 9.17) is 14.2 Å². The molecule has 120 valence electrons. The van der Waals surface area contributed by atoms with Crippen molar-refractivity contribution in [3.63, 3.8) is 0 Å². The van der Waals surface area contributed by atoms with Crippen molar-refractivity contribution in [3.8, 4) is 5.75 Å². The van der Waals surface area contributed by atoms with Crippen LogP contribution in [-0.4, -0.2) is 44.3 Å². The lowest BCUT2D eigenvalue weighted by molar-refractivity contribution is -0.150. The molecule has 0 saturated carbocycles. The predicted octanol–water partition coefficient (Wildman–Crippen LogP) is 1.21. The number of carbonyl (C=O) groups is 2. The zero-order valence-electron chi connectivity index (χ0n) is 12.7. The van der Waals surface area contributed by atoms with Gasteiger partial charge in [-0.05, 0) is 31.4 Å². The van der Waals surface area contributed by atoms with Crippen LogP contribution < -0.4 is 10.1 Å². The van der Waals surface area contributed by atoms with Crippen LogP contribution in [0.3, 0.4) is 0 Å². The topological polar surface area (TPSA) is 73.9 Å². The van der Waals surface area contributed by atoms with Crippen LogP contribution in [0.5, 0.6) is 5.75 Å². The lowest BCUT2D eigenvalue weighted by Crippen LogP contribution is -2.35. The first kappa shape index (κ1) is 16.3. The summed E-state index contributed by atoms with van der Waals surface area (Å²) in [5.41, 5.74) is 0.935. The molecule has 1 fully saturated rings. The van der Waals surface area contributed by atoms with E-state index in [-0.39, 0.29) is 25.2 Å². The van der Waals surface area contributed by atoms with Crippen molar-refractivity contribution in [3.05, 3.63) is 29.8 Å². The van der Waals surface area contributed by atoms with Gasteiger partial charge >= 0.3 is 5.97 Å². The summed E-state index contributed by atoms with van der Waals surface area (Å²) in [5, 5.41) is 2.68. The predicted molar refractivity (Wildman–Crippen MR) is 79.6 cm³/mol. The van der Waals surface area contributed by atoms with Crippen LogP contribution in [0.2, 0.25) is 0 Å². The van der Waals surface area contributed by atoms with Gasteiger partial charge in [-0.25, -0.2) is 4.79 Å². The second kappa shape index (κ2) is 8.38.